The fourth-order valence-corrected chi connectivity index (χ4v) is 4.91. The van der Waals surface area contributed by atoms with Crippen molar-refractivity contribution in [1.29, 1.82) is 0 Å². The maximum atomic E-state index is 13.6. The highest BCUT2D eigenvalue weighted by molar-refractivity contribution is 5.95. The van der Waals surface area contributed by atoms with Crippen molar-refractivity contribution in [1.82, 2.24) is 9.80 Å². The van der Waals surface area contributed by atoms with E-state index in [4.69, 9.17) is 4.74 Å². The van der Waals surface area contributed by atoms with Gasteiger partial charge in [0, 0.05) is 19.6 Å². The minimum absolute atomic E-state index is 0.0613. The second-order valence-electron chi connectivity index (χ2n) is 8.50. The molecule has 2 aromatic rings. The third-order valence-corrected chi connectivity index (χ3v) is 6.53. The summed E-state index contributed by atoms with van der Waals surface area (Å²) in [6.45, 7) is 2.72. The molecule has 2 saturated heterocycles. The van der Waals surface area contributed by atoms with Crippen LogP contribution in [0.15, 0.2) is 60.7 Å². The summed E-state index contributed by atoms with van der Waals surface area (Å²) in [7, 11) is 0. The fraction of sp³-hybridized carbons (Fsp3) is 0.417. The number of carbonyl (C=O) groups excluding carboxylic acids is 2. The zero-order chi connectivity index (χ0) is 19.8. The van der Waals surface area contributed by atoms with Crippen molar-refractivity contribution in [2.75, 3.05) is 19.7 Å². The Hall–Kier alpha value is -2.66. The Kier molecular flexibility index (Phi) is 4.84. The Morgan fingerprint density at radius 1 is 0.966 bits per heavy atom. The van der Waals surface area contributed by atoms with Gasteiger partial charge in [-0.2, -0.15) is 0 Å². The monoisotopic (exact) mass is 390 g/mol. The molecule has 3 unspecified atom stereocenters. The summed E-state index contributed by atoms with van der Waals surface area (Å²) in [5, 5.41) is 0. The van der Waals surface area contributed by atoms with E-state index in [9.17, 15) is 9.59 Å². The van der Waals surface area contributed by atoms with E-state index in [1.54, 1.807) is 0 Å². The van der Waals surface area contributed by atoms with Gasteiger partial charge in [0.2, 0.25) is 5.91 Å². The summed E-state index contributed by atoms with van der Waals surface area (Å²) in [6.07, 6.45) is 1.89. The predicted octanol–water partition coefficient (Wildman–Crippen LogP) is 3.86. The average Bonchev–Trinajstić information content (AvgIpc) is 3.40. The van der Waals surface area contributed by atoms with Gasteiger partial charge in [-0.05, 0) is 35.8 Å². The fourth-order valence-electron chi connectivity index (χ4n) is 4.91. The molecule has 3 atom stereocenters. The van der Waals surface area contributed by atoms with Crippen molar-refractivity contribution in [2.45, 2.75) is 25.4 Å². The summed E-state index contributed by atoms with van der Waals surface area (Å²) in [5.74, 6) is 0.742. The number of ether oxygens (including phenoxy) is 1. The molecule has 2 amide bonds. The molecule has 0 radical (unpaired) electrons. The van der Waals surface area contributed by atoms with Crippen LogP contribution in [0.5, 0.6) is 0 Å². The lowest BCUT2D eigenvalue weighted by atomic mass is 9.89. The number of benzene rings is 2. The maximum absolute atomic E-state index is 13.6. The molecule has 2 aliphatic heterocycles. The molecule has 29 heavy (non-hydrogen) atoms. The van der Waals surface area contributed by atoms with Crippen LogP contribution >= 0.6 is 0 Å². The van der Waals surface area contributed by atoms with Crippen LogP contribution in [0, 0.1) is 17.8 Å². The van der Waals surface area contributed by atoms with Gasteiger partial charge in [0.25, 0.3) is 0 Å². The van der Waals surface area contributed by atoms with Gasteiger partial charge >= 0.3 is 6.09 Å². The van der Waals surface area contributed by atoms with Gasteiger partial charge in [-0.15, -0.1) is 0 Å². The van der Waals surface area contributed by atoms with Crippen molar-refractivity contribution in [3.8, 4) is 0 Å². The summed E-state index contributed by atoms with van der Waals surface area (Å²) in [5.41, 5.74) is 2.21. The molecule has 5 rings (SSSR count). The Balaban J connectivity index is 1.36. The van der Waals surface area contributed by atoms with Crippen LogP contribution in [0.4, 0.5) is 4.79 Å². The zero-order valence-corrected chi connectivity index (χ0v) is 16.4. The highest BCUT2D eigenvalue weighted by Crippen LogP contribution is 2.45. The van der Waals surface area contributed by atoms with Gasteiger partial charge in [0.15, 0.2) is 0 Å². The van der Waals surface area contributed by atoms with Gasteiger partial charge in [0.1, 0.15) is 12.6 Å². The van der Waals surface area contributed by atoms with Gasteiger partial charge in [-0.3, -0.25) is 9.69 Å². The summed E-state index contributed by atoms with van der Waals surface area (Å²) in [4.78, 5) is 29.8. The smallest absolute Gasteiger partial charge is 0.417 e. The molecule has 3 aliphatic rings. The number of amides is 2. The highest BCUT2D eigenvalue weighted by Gasteiger charge is 2.50. The summed E-state index contributed by atoms with van der Waals surface area (Å²) in [6, 6.07) is 19.8. The average molecular weight is 390 g/mol. The Morgan fingerprint density at radius 2 is 1.66 bits per heavy atom. The summed E-state index contributed by atoms with van der Waals surface area (Å²) < 4.78 is 5.30. The molecule has 150 valence electrons. The van der Waals surface area contributed by atoms with Crippen LogP contribution in [0.1, 0.15) is 30.0 Å². The van der Waals surface area contributed by atoms with E-state index in [1.807, 2.05) is 36.4 Å². The largest absolute Gasteiger partial charge is 0.446 e. The number of hydrogen-bond acceptors (Lipinski definition) is 4. The van der Waals surface area contributed by atoms with Gasteiger partial charge in [-0.1, -0.05) is 60.7 Å². The normalized spacial score (nSPS) is 27.2. The van der Waals surface area contributed by atoms with E-state index in [2.05, 4.69) is 29.2 Å². The first kappa shape index (κ1) is 18.4. The molecule has 3 fully saturated rings. The molecular formula is C24H26N2O3. The number of likely N-dealkylation sites (tertiary alicyclic amines) is 1. The van der Waals surface area contributed by atoms with Crippen molar-refractivity contribution in [3.63, 3.8) is 0 Å². The van der Waals surface area contributed by atoms with E-state index < -0.39 is 6.09 Å². The molecule has 0 spiro atoms. The number of cyclic esters (lactones) is 1. The lowest BCUT2D eigenvalue weighted by molar-refractivity contribution is -0.134. The SMILES string of the molecule is O=C1OCC(c2ccccc2)N1C(=O)C1CN(Cc2ccccc2)CC1C1CC1. The second kappa shape index (κ2) is 7.64. The Morgan fingerprint density at radius 3 is 2.34 bits per heavy atom. The third-order valence-electron chi connectivity index (χ3n) is 6.53. The maximum Gasteiger partial charge on any atom is 0.417 e. The molecule has 5 nitrogen and oxygen atoms in total. The lowest BCUT2D eigenvalue weighted by Crippen LogP contribution is -2.41. The Labute approximate surface area is 171 Å². The number of imide groups is 1. The second-order valence-corrected chi connectivity index (χ2v) is 8.50. The molecule has 1 saturated carbocycles. The molecule has 0 bridgehead atoms. The lowest BCUT2D eigenvalue weighted by Gasteiger charge is -2.25. The minimum atomic E-state index is -0.500. The first-order chi connectivity index (χ1) is 14.2. The van der Waals surface area contributed by atoms with Crippen molar-refractivity contribution < 1.29 is 14.3 Å². The molecule has 0 aromatic heterocycles. The molecule has 2 aromatic carbocycles. The van der Waals surface area contributed by atoms with E-state index in [0.717, 1.165) is 18.7 Å². The predicted molar refractivity (Wildman–Crippen MR) is 109 cm³/mol. The van der Waals surface area contributed by atoms with E-state index in [1.165, 1.54) is 23.3 Å². The molecule has 0 N–H and O–H groups in total. The summed E-state index contributed by atoms with van der Waals surface area (Å²) >= 11 is 0. The quantitative estimate of drug-likeness (QED) is 0.778. The van der Waals surface area contributed by atoms with Crippen molar-refractivity contribution >= 4 is 12.0 Å². The number of carbonyl (C=O) groups is 2. The first-order valence-electron chi connectivity index (χ1n) is 10.5. The minimum Gasteiger partial charge on any atom is -0.446 e. The van der Waals surface area contributed by atoms with Crippen LogP contribution in [-0.2, 0) is 16.1 Å². The molecular weight excluding hydrogens is 364 g/mol. The number of hydrogen-bond donors (Lipinski definition) is 0. The number of rotatable bonds is 5. The van der Waals surface area contributed by atoms with Crippen LogP contribution in [0.2, 0.25) is 0 Å². The van der Waals surface area contributed by atoms with Crippen LogP contribution in [-0.4, -0.2) is 41.5 Å². The Bertz CT molecular complexity index is 882. The van der Waals surface area contributed by atoms with E-state index >= 15 is 0 Å². The van der Waals surface area contributed by atoms with Gasteiger partial charge < -0.3 is 4.74 Å². The first-order valence-corrected chi connectivity index (χ1v) is 10.5. The standard InChI is InChI=1S/C24H26N2O3/c27-23(26-22(16-29-24(26)28)19-9-5-2-6-10-19)21-15-25(14-20(21)18-11-12-18)13-17-7-3-1-4-8-17/h1-10,18,20-22H,11-16H2. The van der Waals surface area contributed by atoms with Crippen molar-refractivity contribution in [3.05, 3.63) is 71.8 Å². The number of nitrogens with zero attached hydrogens (tertiary/aromatic N) is 2. The molecule has 5 heteroatoms. The van der Waals surface area contributed by atoms with Crippen LogP contribution in [0.3, 0.4) is 0 Å². The van der Waals surface area contributed by atoms with E-state index in [-0.39, 0.29) is 24.5 Å². The molecule has 1 aliphatic carbocycles. The topological polar surface area (TPSA) is 49.9 Å². The van der Waals surface area contributed by atoms with E-state index in [0.29, 0.717) is 18.4 Å². The molecule has 2 heterocycles. The van der Waals surface area contributed by atoms with Crippen LogP contribution < -0.4 is 0 Å². The van der Waals surface area contributed by atoms with Gasteiger partial charge in [-0.25, -0.2) is 9.69 Å². The highest BCUT2D eigenvalue weighted by atomic mass is 16.6. The van der Waals surface area contributed by atoms with Crippen LogP contribution in [0.25, 0.3) is 0 Å². The third kappa shape index (κ3) is 3.67. The van der Waals surface area contributed by atoms with Crippen molar-refractivity contribution in [2.24, 2.45) is 17.8 Å². The van der Waals surface area contributed by atoms with Gasteiger partial charge in [0.05, 0.1) is 5.92 Å². The zero-order valence-electron chi connectivity index (χ0n) is 16.4.